The number of esters is 1. The number of carbonyl (C=O) groups excluding carboxylic acids is 1. The van der Waals surface area contributed by atoms with Gasteiger partial charge in [0, 0.05) is 5.56 Å². The summed E-state index contributed by atoms with van der Waals surface area (Å²) in [6, 6.07) is 9.31. The van der Waals surface area contributed by atoms with Gasteiger partial charge in [-0.3, -0.25) is 0 Å². The minimum atomic E-state index is -3.84. The van der Waals surface area contributed by atoms with Crippen LogP contribution in [-0.2, 0) is 21.4 Å². The first-order chi connectivity index (χ1) is 11.8. The number of hydrogen-bond acceptors (Lipinski definition) is 4. The van der Waals surface area contributed by atoms with Gasteiger partial charge >= 0.3 is 5.97 Å². The van der Waals surface area contributed by atoms with Gasteiger partial charge in [-0.25, -0.2) is 17.6 Å². The second kappa shape index (κ2) is 8.12. The maximum Gasteiger partial charge on any atom is 0.338 e. The molecule has 0 saturated heterocycles. The SMILES string of the molecule is C#CCNS(=O)(=O)c1cccc(C(=O)OCc2c(F)cccc2Cl)c1. The first kappa shape index (κ1) is 18.9. The lowest BCUT2D eigenvalue weighted by Crippen LogP contribution is -2.24. The molecular weight excluding hydrogens is 369 g/mol. The predicted octanol–water partition coefficient (Wildman–Crippen LogP) is 2.75. The first-order valence-electron chi connectivity index (χ1n) is 6.98. The van der Waals surface area contributed by atoms with Crippen LogP contribution >= 0.6 is 11.6 Å². The van der Waals surface area contributed by atoms with Crippen LogP contribution in [0.3, 0.4) is 0 Å². The fourth-order valence-electron chi connectivity index (χ4n) is 1.90. The van der Waals surface area contributed by atoms with Gasteiger partial charge in [-0.05, 0) is 30.3 Å². The van der Waals surface area contributed by atoms with E-state index in [9.17, 15) is 17.6 Å². The molecule has 0 aliphatic carbocycles. The lowest BCUT2D eigenvalue weighted by Gasteiger charge is -2.09. The van der Waals surface area contributed by atoms with Crippen molar-refractivity contribution in [2.24, 2.45) is 0 Å². The van der Waals surface area contributed by atoms with E-state index in [0.717, 1.165) is 6.07 Å². The highest BCUT2D eigenvalue weighted by molar-refractivity contribution is 7.89. The van der Waals surface area contributed by atoms with Crippen molar-refractivity contribution in [3.8, 4) is 12.3 Å². The molecule has 0 aromatic heterocycles. The average Bonchev–Trinajstić information content (AvgIpc) is 2.59. The smallest absolute Gasteiger partial charge is 0.338 e. The van der Waals surface area contributed by atoms with E-state index in [2.05, 4.69) is 10.6 Å². The summed E-state index contributed by atoms with van der Waals surface area (Å²) in [5, 5.41) is 0.127. The first-order valence-corrected chi connectivity index (χ1v) is 8.84. The van der Waals surface area contributed by atoms with E-state index < -0.39 is 21.8 Å². The zero-order valence-electron chi connectivity index (χ0n) is 12.8. The third-order valence-electron chi connectivity index (χ3n) is 3.15. The Hall–Kier alpha value is -2.40. The molecule has 2 aromatic rings. The highest BCUT2D eigenvalue weighted by atomic mass is 35.5. The summed E-state index contributed by atoms with van der Waals surface area (Å²) < 4.78 is 44.9. The summed E-state index contributed by atoms with van der Waals surface area (Å²) in [5.74, 6) is 0.737. The number of halogens is 2. The summed E-state index contributed by atoms with van der Waals surface area (Å²) in [6.07, 6.45) is 5.02. The zero-order chi connectivity index (χ0) is 18.4. The van der Waals surface area contributed by atoms with E-state index in [1.165, 1.54) is 36.4 Å². The van der Waals surface area contributed by atoms with Crippen molar-refractivity contribution in [1.82, 2.24) is 4.72 Å². The van der Waals surface area contributed by atoms with Crippen LogP contribution in [0.4, 0.5) is 4.39 Å². The topological polar surface area (TPSA) is 72.5 Å². The van der Waals surface area contributed by atoms with Gasteiger partial charge in [0.25, 0.3) is 0 Å². The van der Waals surface area contributed by atoms with Gasteiger partial charge in [0.2, 0.25) is 10.0 Å². The van der Waals surface area contributed by atoms with Crippen LogP contribution in [0.25, 0.3) is 0 Å². The van der Waals surface area contributed by atoms with Crippen molar-refractivity contribution in [1.29, 1.82) is 0 Å². The third-order valence-corrected chi connectivity index (χ3v) is 4.91. The van der Waals surface area contributed by atoms with Gasteiger partial charge in [0.05, 0.1) is 22.0 Å². The maximum atomic E-state index is 13.7. The highest BCUT2D eigenvalue weighted by Gasteiger charge is 2.17. The molecule has 0 atom stereocenters. The Balaban J connectivity index is 2.15. The van der Waals surface area contributed by atoms with Crippen molar-refractivity contribution in [2.45, 2.75) is 11.5 Å². The molecule has 5 nitrogen and oxygen atoms in total. The number of terminal acetylenes is 1. The molecule has 0 unspecified atom stereocenters. The predicted molar refractivity (Wildman–Crippen MR) is 91.0 cm³/mol. The van der Waals surface area contributed by atoms with Crippen molar-refractivity contribution < 1.29 is 22.3 Å². The number of benzene rings is 2. The molecule has 0 fully saturated rings. The molecule has 0 spiro atoms. The number of ether oxygens (including phenoxy) is 1. The van der Waals surface area contributed by atoms with Crippen LogP contribution in [-0.4, -0.2) is 20.9 Å². The van der Waals surface area contributed by atoms with E-state index in [-0.39, 0.29) is 34.2 Å². The minimum absolute atomic E-state index is 0.00366. The number of rotatable bonds is 6. The normalized spacial score (nSPS) is 10.9. The molecule has 0 heterocycles. The Bertz CT molecular complexity index is 918. The molecule has 0 saturated carbocycles. The Morgan fingerprint density at radius 2 is 2.00 bits per heavy atom. The fraction of sp³-hybridized carbons (Fsp3) is 0.118. The van der Waals surface area contributed by atoms with E-state index in [0.29, 0.717) is 0 Å². The molecule has 8 heteroatoms. The van der Waals surface area contributed by atoms with Gasteiger partial charge in [-0.15, -0.1) is 6.42 Å². The van der Waals surface area contributed by atoms with Gasteiger partial charge in [0.1, 0.15) is 12.4 Å². The summed E-state index contributed by atoms with van der Waals surface area (Å²) in [6.45, 7) is -0.556. The van der Waals surface area contributed by atoms with E-state index in [1.54, 1.807) is 0 Å². The molecule has 130 valence electrons. The summed E-state index contributed by atoms with van der Waals surface area (Å²) in [5.41, 5.74) is 0.0352. The molecule has 1 N–H and O–H groups in total. The molecule has 25 heavy (non-hydrogen) atoms. The van der Waals surface area contributed by atoms with Crippen molar-refractivity contribution in [2.75, 3.05) is 6.54 Å². The molecular formula is C17H13ClFNO4S. The highest BCUT2D eigenvalue weighted by Crippen LogP contribution is 2.20. The fourth-order valence-corrected chi connectivity index (χ4v) is 3.10. The molecule has 0 aliphatic heterocycles. The average molecular weight is 382 g/mol. The molecule has 0 bridgehead atoms. The number of carbonyl (C=O) groups is 1. The molecule has 0 aliphatic rings. The third kappa shape index (κ3) is 4.79. The van der Waals surface area contributed by atoms with Crippen LogP contribution in [0.1, 0.15) is 15.9 Å². The summed E-state index contributed by atoms with van der Waals surface area (Å²) in [7, 11) is -3.84. The zero-order valence-corrected chi connectivity index (χ0v) is 14.4. The van der Waals surface area contributed by atoms with Crippen LogP contribution < -0.4 is 4.72 Å². The number of hydrogen-bond donors (Lipinski definition) is 1. The second-order valence-electron chi connectivity index (χ2n) is 4.83. The summed E-state index contributed by atoms with van der Waals surface area (Å²) in [4.78, 5) is 12.0. The van der Waals surface area contributed by atoms with Crippen LogP contribution in [0, 0.1) is 18.2 Å². The molecule has 0 amide bonds. The Morgan fingerprint density at radius 3 is 2.68 bits per heavy atom. The van der Waals surface area contributed by atoms with Crippen LogP contribution in [0.2, 0.25) is 5.02 Å². The van der Waals surface area contributed by atoms with E-state index >= 15 is 0 Å². The second-order valence-corrected chi connectivity index (χ2v) is 7.01. The van der Waals surface area contributed by atoms with E-state index in [1.807, 2.05) is 0 Å². The van der Waals surface area contributed by atoms with Crippen molar-refractivity contribution in [3.63, 3.8) is 0 Å². The quantitative estimate of drug-likeness (QED) is 0.617. The van der Waals surface area contributed by atoms with Crippen LogP contribution in [0.5, 0.6) is 0 Å². The Labute approximate surface area is 149 Å². The lowest BCUT2D eigenvalue weighted by molar-refractivity contribution is 0.0469. The van der Waals surface area contributed by atoms with Crippen LogP contribution in [0.15, 0.2) is 47.4 Å². The molecule has 2 rings (SSSR count). The molecule has 0 radical (unpaired) electrons. The standard InChI is InChI=1S/C17H13ClFNO4S/c1-2-9-20-25(22,23)13-6-3-5-12(10-13)17(21)24-11-14-15(18)7-4-8-16(14)19/h1,3-8,10,20H,9,11H2. The van der Waals surface area contributed by atoms with Gasteiger partial charge < -0.3 is 4.74 Å². The van der Waals surface area contributed by atoms with Gasteiger partial charge in [-0.1, -0.05) is 29.7 Å². The Kier molecular flexibility index (Phi) is 6.15. The lowest BCUT2D eigenvalue weighted by atomic mass is 10.2. The summed E-state index contributed by atoms with van der Waals surface area (Å²) >= 11 is 5.86. The van der Waals surface area contributed by atoms with Gasteiger partial charge in [-0.2, -0.15) is 4.72 Å². The Morgan fingerprint density at radius 1 is 1.28 bits per heavy atom. The van der Waals surface area contributed by atoms with Crippen molar-refractivity contribution >= 4 is 27.6 Å². The van der Waals surface area contributed by atoms with E-state index in [4.69, 9.17) is 22.8 Å². The number of sulfonamides is 1. The molecule has 2 aromatic carbocycles. The largest absolute Gasteiger partial charge is 0.457 e. The number of nitrogens with one attached hydrogen (secondary N) is 1. The monoisotopic (exact) mass is 381 g/mol. The minimum Gasteiger partial charge on any atom is -0.457 e. The van der Waals surface area contributed by atoms with Crippen molar-refractivity contribution in [3.05, 3.63) is 64.4 Å². The van der Waals surface area contributed by atoms with Gasteiger partial charge in [0.15, 0.2) is 0 Å². The maximum absolute atomic E-state index is 13.7.